The minimum atomic E-state index is -0.462. The van der Waals surface area contributed by atoms with Crippen LogP contribution >= 0.6 is 45.2 Å². The lowest BCUT2D eigenvalue weighted by molar-refractivity contribution is -0.112. The lowest BCUT2D eigenvalue weighted by Gasteiger charge is -2.10. The summed E-state index contributed by atoms with van der Waals surface area (Å²) in [5, 5.41) is 12.1. The van der Waals surface area contributed by atoms with Crippen LogP contribution in [0.1, 0.15) is 12.5 Å². The Morgan fingerprint density at radius 1 is 1.23 bits per heavy atom. The first-order chi connectivity index (χ1) is 12.5. The van der Waals surface area contributed by atoms with Gasteiger partial charge in [-0.1, -0.05) is 0 Å². The number of benzene rings is 2. The van der Waals surface area contributed by atoms with E-state index in [4.69, 9.17) is 9.47 Å². The van der Waals surface area contributed by atoms with Crippen LogP contribution in [0.15, 0.2) is 42.0 Å². The number of nitrogens with one attached hydrogen (secondary N) is 1. The molecule has 0 aliphatic carbocycles. The smallest absolute Gasteiger partial charge is 0.266 e. The molecule has 0 atom stereocenters. The molecule has 0 aromatic heterocycles. The Labute approximate surface area is 179 Å². The van der Waals surface area contributed by atoms with E-state index in [2.05, 4.69) is 50.5 Å². The number of amides is 1. The quantitative estimate of drug-likeness (QED) is 0.305. The van der Waals surface area contributed by atoms with Crippen LogP contribution in [0.5, 0.6) is 11.5 Å². The number of ether oxygens (including phenoxy) is 2. The molecule has 1 amide bonds. The monoisotopic (exact) mass is 574 g/mol. The predicted molar refractivity (Wildman–Crippen MR) is 118 cm³/mol. The van der Waals surface area contributed by atoms with Gasteiger partial charge in [0, 0.05) is 5.69 Å². The normalized spacial score (nSPS) is 10.8. The Bertz CT molecular complexity index is 848. The molecule has 0 saturated carbocycles. The zero-order chi connectivity index (χ0) is 19.1. The Morgan fingerprint density at radius 3 is 2.35 bits per heavy atom. The molecule has 0 aliphatic heterocycles. The van der Waals surface area contributed by atoms with Crippen molar-refractivity contribution < 1.29 is 14.3 Å². The number of anilines is 1. The number of nitrogens with zero attached hydrogens (tertiary/aromatic N) is 1. The molecular formula is C19H16I2N2O3. The molecule has 2 aromatic rings. The molecule has 7 heteroatoms. The molecule has 2 rings (SSSR count). The molecule has 0 aliphatic rings. The van der Waals surface area contributed by atoms with Gasteiger partial charge < -0.3 is 14.8 Å². The second kappa shape index (κ2) is 9.78. The number of carbonyl (C=O) groups excluding carboxylic acids is 1. The van der Waals surface area contributed by atoms with E-state index in [9.17, 15) is 10.1 Å². The highest BCUT2D eigenvalue weighted by Gasteiger charge is 2.12. The van der Waals surface area contributed by atoms with Crippen LogP contribution in [-0.4, -0.2) is 19.6 Å². The molecule has 26 heavy (non-hydrogen) atoms. The van der Waals surface area contributed by atoms with Crippen LogP contribution in [0.25, 0.3) is 6.08 Å². The fourth-order valence-electron chi connectivity index (χ4n) is 2.13. The predicted octanol–water partition coefficient (Wildman–Crippen LogP) is 4.85. The van der Waals surface area contributed by atoms with Gasteiger partial charge in [0.2, 0.25) is 0 Å². The molecule has 134 valence electrons. The number of methoxy groups -OCH3 is 1. The highest BCUT2D eigenvalue weighted by molar-refractivity contribution is 14.1. The topological polar surface area (TPSA) is 71.3 Å². The van der Waals surface area contributed by atoms with Gasteiger partial charge in [0.25, 0.3) is 5.91 Å². The van der Waals surface area contributed by atoms with E-state index in [1.807, 2.05) is 25.1 Å². The van der Waals surface area contributed by atoms with E-state index >= 15 is 0 Å². The van der Waals surface area contributed by atoms with Crippen LogP contribution in [-0.2, 0) is 4.79 Å². The third kappa shape index (κ3) is 5.35. The molecule has 0 radical (unpaired) electrons. The van der Waals surface area contributed by atoms with Crippen molar-refractivity contribution in [2.24, 2.45) is 0 Å². The third-order valence-electron chi connectivity index (χ3n) is 3.33. The first-order valence-corrected chi connectivity index (χ1v) is 9.83. The van der Waals surface area contributed by atoms with E-state index in [1.165, 1.54) is 0 Å². The van der Waals surface area contributed by atoms with E-state index in [0.717, 1.165) is 18.5 Å². The first kappa shape index (κ1) is 20.5. The van der Waals surface area contributed by atoms with Crippen molar-refractivity contribution in [1.29, 1.82) is 5.26 Å². The van der Waals surface area contributed by atoms with Crippen molar-refractivity contribution in [1.82, 2.24) is 0 Å². The number of hydrogen-bond donors (Lipinski definition) is 1. The van der Waals surface area contributed by atoms with Gasteiger partial charge in [0.15, 0.2) is 0 Å². The minimum absolute atomic E-state index is 0.0246. The maximum absolute atomic E-state index is 12.4. The fraction of sp³-hybridized carbons (Fsp3) is 0.158. The van der Waals surface area contributed by atoms with Gasteiger partial charge in [-0.2, -0.15) is 5.26 Å². The average Bonchev–Trinajstić information content (AvgIpc) is 2.63. The molecule has 5 nitrogen and oxygen atoms in total. The van der Waals surface area contributed by atoms with Gasteiger partial charge in [-0.3, -0.25) is 4.79 Å². The Morgan fingerprint density at radius 2 is 1.85 bits per heavy atom. The molecular weight excluding hydrogens is 558 g/mol. The highest BCUT2D eigenvalue weighted by Crippen LogP contribution is 2.30. The number of hydrogen-bond acceptors (Lipinski definition) is 4. The van der Waals surface area contributed by atoms with Crippen molar-refractivity contribution in [2.45, 2.75) is 6.92 Å². The summed E-state index contributed by atoms with van der Waals surface area (Å²) >= 11 is 4.36. The standard InChI is InChI=1S/C19H16I2N2O3/c1-3-26-18-16(20)9-12(10-17(18)21)8-13(11-22)19(24)23-14-4-6-15(25-2)7-5-14/h4-10H,3H2,1-2H3,(H,23,24)/b13-8-. The van der Waals surface area contributed by atoms with Crippen LogP contribution in [0.3, 0.4) is 0 Å². The summed E-state index contributed by atoms with van der Waals surface area (Å²) < 4.78 is 12.5. The summed E-state index contributed by atoms with van der Waals surface area (Å²) in [6.07, 6.45) is 1.57. The van der Waals surface area contributed by atoms with E-state index < -0.39 is 5.91 Å². The van der Waals surface area contributed by atoms with Crippen LogP contribution in [0, 0.1) is 18.5 Å². The van der Waals surface area contributed by atoms with Crippen LogP contribution in [0.2, 0.25) is 0 Å². The molecule has 0 spiro atoms. The van der Waals surface area contributed by atoms with Crippen molar-refractivity contribution in [3.8, 4) is 17.6 Å². The maximum atomic E-state index is 12.4. The number of nitriles is 1. The molecule has 0 fully saturated rings. The molecule has 0 heterocycles. The van der Waals surface area contributed by atoms with Gasteiger partial charge in [-0.05, 0) is 100 Å². The number of rotatable bonds is 6. The SMILES string of the molecule is CCOc1c(I)cc(/C=C(/C#N)C(=O)Nc2ccc(OC)cc2)cc1I. The van der Waals surface area contributed by atoms with Gasteiger partial charge >= 0.3 is 0 Å². The Balaban J connectivity index is 2.23. The minimum Gasteiger partial charge on any atom is -0.497 e. The van der Waals surface area contributed by atoms with Gasteiger partial charge in [0.05, 0.1) is 20.9 Å². The van der Waals surface area contributed by atoms with Gasteiger partial charge in [-0.25, -0.2) is 0 Å². The number of halogens is 2. The summed E-state index contributed by atoms with van der Waals surface area (Å²) in [6, 6.07) is 12.6. The second-order valence-electron chi connectivity index (χ2n) is 5.10. The largest absolute Gasteiger partial charge is 0.497 e. The summed E-state index contributed by atoms with van der Waals surface area (Å²) in [6.45, 7) is 2.51. The molecule has 1 N–H and O–H groups in total. The van der Waals surface area contributed by atoms with E-state index in [0.29, 0.717) is 18.0 Å². The second-order valence-corrected chi connectivity index (χ2v) is 7.42. The lowest BCUT2D eigenvalue weighted by atomic mass is 10.1. The zero-order valence-electron chi connectivity index (χ0n) is 14.2. The summed E-state index contributed by atoms with van der Waals surface area (Å²) in [5.41, 5.74) is 1.38. The average molecular weight is 574 g/mol. The summed E-state index contributed by atoms with van der Waals surface area (Å²) in [4.78, 5) is 12.4. The first-order valence-electron chi connectivity index (χ1n) is 7.67. The van der Waals surface area contributed by atoms with Gasteiger partial charge in [0.1, 0.15) is 23.1 Å². The molecule has 2 aromatic carbocycles. The van der Waals surface area contributed by atoms with Crippen molar-refractivity contribution in [2.75, 3.05) is 19.0 Å². The Kier molecular flexibility index (Phi) is 7.71. The van der Waals surface area contributed by atoms with Crippen LogP contribution < -0.4 is 14.8 Å². The highest BCUT2D eigenvalue weighted by atomic mass is 127. The fourth-order valence-corrected chi connectivity index (χ4v) is 4.26. The molecule has 0 unspecified atom stereocenters. The van der Waals surface area contributed by atoms with E-state index in [1.54, 1.807) is 37.5 Å². The third-order valence-corrected chi connectivity index (χ3v) is 4.94. The zero-order valence-corrected chi connectivity index (χ0v) is 18.5. The summed E-state index contributed by atoms with van der Waals surface area (Å²) in [7, 11) is 1.57. The van der Waals surface area contributed by atoms with Crippen molar-refractivity contribution >= 4 is 62.9 Å². The molecule has 0 saturated heterocycles. The lowest BCUT2D eigenvalue weighted by Crippen LogP contribution is -2.13. The maximum Gasteiger partial charge on any atom is 0.266 e. The van der Waals surface area contributed by atoms with Crippen molar-refractivity contribution in [3.05, 3.63) is 54.7 Å². The Hall–Kier alpha value is -1.80. The van der Waals surface area contributed by atoms with E-state index in [-0.39, 0.29) is 5.57 Å². The summed E-state index contributed by atoms with van der Waals surface area (Å²) in [5.74, 6) is 1.04. The van der Waals surface area contributed by atoms with Crippen molar-refractivity contribution in [3.63, 3.8) is 0 Å². The van der Waals surface area contributed by atoms with Gasteiger partial charge in [-0.15, -0.1) is 0 Å². The molecule has 0 bridgehead atoms. The number of carbonyl (C=O) groups is 1. The van der Waals surface area contributed by atoms with Crippen LogP contribution in [0.4, 0.5) is 5.69 Å².